The molecule has 1 saturated carbocycles. The van der Waals surface area contributed by atoms with Crippen molar-refractivity contribution in [2.75, 3.05) is 26.7 Å². The number of fused-ring (bicyclic) bond motifs is 1. The van der Waals surface area contributed by atoms with Crippen molar-refractivity contribution in [1.82, 2.24) is 10.2 Å². The maximum atomic E-state index is 3.25. The zero-order valence-electron chi connectivity index (χ0n) is 11.8. The third kappa shape index (κ3) is 3.69. The van der Waals surface area contributed by atoms with Crippen LogP contribution >= 0.6 is 0 Å². The minimum Gasteiger partial charge on any atom is -0.320 e. The standard InChI is InChI=1S/C15H30N2/c1-13(6-5-10-16-2)17-11-9-14-7-3-4-8-15(14)12-17/h13-16H,3-12H2,1-2H3. The zero-order chi connectivity index (χ0) is 12.1. The van der Waals surface area contributed by atoms with E-state index < -0.39 is 0 Å². The van der Waals surface area contributed by atoms with E-state index in [0.717, 1.165) is 17.9 Å². The molecule has 0 spiro atoms. The van der Waals surface area contributed by atoms with Gasteiger partial charge >= 0.3 is 0 Å². The molecule has 0 radical (unpaired) electrons. The average Bonchev–Trinajstić information content (AvgIpc) is 2.38. The fourth-order valence-electron chi connectivity index (χ4n) is 3.79. The predicted molar refractivity (Wildman–Crippen MR) is 74.3 cm³/mol. The van der Waals surface area contributed by atoms with Crippen LogP contribution in [0.5, 0.6) is 0 Å². The molecule has 0 aromatic heterocycles. The molecule has 0 aromatic rings. The Labute approximate surface area is 107 Å². The number of rotatable bonds is 5. The van der Waals surface area contributed by atoms with Crippen LogP contribution in [0.1, 0.15) is 51.9 Å². The molecule has 1 aliphatic carbocycles. The SMILES string of the molecule is CNCCCC(C)N1CCC2CCCCC2C1. The van der Waals surface area contributed by atoms with Crippen LogP contribution in [0.4, 0.5) is 0 Å². The number of piperidine rings is 1. The van der Waals surface area contributed by atoms with Gasteiger partial charge in [-0.15, -0.1) is 0 Å². The molecular weight excluding hydrogens is 208 g/mol. The first-order chi connectivity index (χ1) is 8.31. The van der Waals surface area contributed by atoms with Crippen LogP contribution < -0.4 is 5.32 Å². The Balaban J connectivity index is 1.74. The molecule has 2 heteroatoms. The van der Waals surface area contributed by atoms with Gasteiger partial charge in [-0.05, 0) is 64.6 Å². The van der Waals surface area contributed by atoms with Gasteiger partial charge in [-0.2, -0.15) is 0 Å². The summed E-state index contributed by atoms with van der Waals surface area (Å²) in [5, 5.41) is 3.25. The van der Waals surface area contributed by atoms with Crippen LogP contribution in [0.15, 0.2) is 0 Å². The molecule has 1 saturated heterocycles. The first kappa shape index (κ1) is 13.4. The Morgan fingerprint density at radius 3 is 2.71 bits per heavy atom. The van der Waals surface area contributed by atoms with Crippen molar-refractivity contribution in [3.63, 3.8) is 0 Å². The Morgan fingerprint density at radius 1 is 1.18 bits per heavy atom. The van der Waals surface area contributed by atoms with Crippen molar-refractivity contribution in [2.24, 2.45) is 11.8 Å². The second-order valence-electron chi connectivity index (χ2n) is 6.18. The van der Waals surface area contributed by atoms with Crippen molar-refractivity contribution in [1.29, 1.82) is 0 Å². The molecule has 3 unspecified atom stereocenters. The number of hydrogen-bond donors (Lipinski definition) is 1. The molecule has 2 aliphatic rings. The van der Waals surface area contributed by atoms with Crippen LogP contribution in [0.2, 0.25) is 0 Å². The van der Waals surface area contributed by atoms with Crippen LogP contribution in [-0.4, -0.2) is 37.6 Å². The van der Waals surface area contributed by atoms with Gasteiger partial charge in [0, 0.05) is 12.6 Å². The van der Waals surface area contributed by atoms with E-state index in [-0.39, 0.29) is 0 Å². The summed E-state index contributed by atoms with van der Waals surface area (Å²) in [4.78, 5) is 2.77. The fraction of sp³-hybridized carbons (Fsp3) is 1.00. The van der Waals surface area contributed by atoms with Crippen LogP contribution in [0, 0.1) is 11.8 Å². The second-order valence-corrected chi connectivity index (χ2v) is 6.18. The highest BCUT2D eigenvalue weighted by molar-refractivity contribution is 4.85. The van der Waals surface area contributed by atoms with Crippen molar-refractivity contribution < 1.29 is 0 Å². The monoisotopic (exact) mass is 238 g/mol. The molecule has 17 heavy (non-hydrogen) atoms. The summed E-state index contributed by atoms with van der Waals surface area (Å²) in [6.07, 6.45) is 10.2. The first-order valence-corrected chi connectivity index (χ1v) is 7.70. The van der Waals surface area contributed by atoms with E-state index in [2.05, 4.69) is 24.2 Å². The number of nitrogens with zero attached hydrogens (tertiary/aromatic N) is 1. The summed E-state index contributed by atoms with van der Waals surface area (Å²) < 4.78 is 0. The van der Waals surface area contributed by atoms with Gasteiger partial charge in [0.25, 0.3) is 0 Å². The Hall–Kier alpha value is -0.0800. The molecule has 3 atom stereocenters. The molecule has 2 nitrogen and oxygen atoms in total. The molecule has 0 amide bonds. The summed E-state index contributed by atoms with van der Waals surface area (Å²) in [6, 6.07) is 0.797. The minimum absolute atomic E-state index is 0.797. The van der Waals surface area contributed by atoms with E-state index in [9.17, 15) is 0 Å². The third-order valence-electron chi connectivity index (χ3n) is 4.99. The van der Waals surface area contributed by atoms with Gasteiger partial charge < -0.3 is 10.2 Å². The van der Waals surface area contributed by atoms with Gasteiger partial charge in [0.05, 0.1) is 0 Å². The summed E-state index contributed by atoms with van der Waals surface area (Å²) >= 11 is 0. The predicted octanol–water partition coefficient (Wildman–Crippen LogP) is 2.89. The van der Waals surface area contributed by atoms with Crippen LogP contribution in [0.25, 0.3) is 0 Å². The second kappa shape index (κ2) is 6.75. The fourth-order valence-corrected chi connectivity index (χ4v) is 3.79. The van der Waals surface area contributed by atoms with Crippen molar-refractivity contribution >= 4 is 0 Å². The highest BCUT2D eigenvalue weighted by atomic mass is 15.2. The van der Waals surface area contributed by atoms with Crippen LogP contribution in [-0.2, 0) is 0 Å². The zero-order valence-corrected chi connectivity index (χ0v) is 11.8. The maximum absolute atomic E-state index is 3.25. The first-order valence-electron chi connectivity index (χ1n) is 7.70. The topological polar surface area (TPSA) is 15.3 Å². The molecule has 1 aliphatic heterocycles. The number of likely N-dealkylation sites (tertiary alicyclic amines) is 1. The van der Waals surface area contributed by atoms with Gasteiger partial charge in [-0.1, -0.05) is 19.3 Å². The molecule has 1 heterocycles. The largest absolute Gasteiger partial charge is 0.320 e. The molecule has 2 fully saturated rings. The van der Waals surface area contributed by atoms with Gasteiger partial charge in [0.15, 0.2) is 0 Å². The maximum Gasteiger partial charge on any atom is 0.00675 e. The summed E-state index contributed by atoms with van der Waals surface area (Å²) in [5.74, 6) is 2.11. The van der Waals surface area contributed by atoms with Gasteiger partial charge in [-0.25, -0.2) is 0 Å². The number of nitrogens with one attached hydrogen (secondary N) is 1. The quantitative estimate of drug-likeness (QED) is 0.741. The van der Waals surface area contributed by atoms with Gasteiger partial charge in [-0.3, -0.25) is 0 Å². The van der Waals surface area contributed by atoms with Gasteiger partial charge in [0.2, 0.25) is 0 Å². The molecule has 0 bridgehead atoms. The molecule has 2 rings (SSSR count). The van der Waals surface area contributed by atoms with E-state index >= 15 is 0 Å². The lowest BCUT2D eigenvalue weighted by atomic mass is 9.75. The lowest BCUT2D eigenvalue weighted by Crippen LogP contribution is -2.45. The average molecular weight is 238 g/mol. The smallest absolute Gasteiger partial charge is 0.00675 e. The van der Waals surface area contributed by atoms with E-state index in [1.54, 1.807) is 0 Å². The number of hydrogen-bond acceptors (Lipinski definition) is 2. The van der Waals surface area contributed by atoms with Crippen molar-refractivity contribution in [3.8, 4) is 0 Å². The molecular formula is C15H30N2. The molecule has 1 N–H and O–H groups in total. The third-order valence-corrected chi connectivity index (χ3v) is 4.99. The van der Waals surface area contributed by atoms with Crippen molar-refractivity contribution in [3.05, 3.63) is 0 Å². The van der Waals surface area contributed by atoms with Crippen LogP contribution in [0.3, 0.4) is 0 Å². The highest BCUT2D eigenvalue weighted by Gasteiger charge is 2.32. The van der Waals surface area contributed by atoms with E-state index in [4.69, 9.17) is 0 Å². The Morgan fingerprint density at radius 2 is 1.94 bits per heavy atom. The summed E-state index contributed by atoms with van der Waals surface area (Å²) in [6.45, 7) is 6.36. The molecule has 0 aromatic carbocycles. The summed E-state index contributed by atoms with van der Waals surface area (Å²) in [5.41, 5.74) is 0. The van der Waals surface area contributed by atoms with E-state index in [1.807, 2.05) is 0 Å². The highest BCUT2D eigenvalue weighted by Crippen LogP contribution is 2.36. The van der Waals surface area contributed by atoms with E-state index in [0.29, 0.717) is 0 Å². The van der Waals surface area contributed by atoms with E-state index in [1.165, 1.54) is 64.6 Å². The lowest BCUT2D eigenvalue weighted by molar-refractivity contribution is 0.0588. The normalized spacial score (nSPS) is 32.1. The lowest BCUT2D eigenvalue weighted by Gasteiger charge is -2.43. The Bertz CT molecular complexity index is 217. The van der Waals surface area contributed by atoms with Gasteiger partial charge in [0.1, 0.15) is 0 Å². The Kier molecular flexibility index (Phi) is 5.30. The minimum atomic E-state index is 0.797. The van der Waals surface area contributed by atoms with Crippen molar-refractivity contribution in [2.45, 2.75) is 57.9 Å². The summed E-state index contributed by atoms with van der Waals surface area (Å²) in [7, 11) is 2.05. The molecule has 100 valence electrons.